The summed E-state index contributed by atoms with van der Waals surface area (Å²) in [5.74, 6) is 0.737. The Hall–Kier alpha value is -1.14. The predicted molar refractivity (Wildman–Crippen MR) is 69.1 cm³/mol. The number of amides is 1. The molecule has 0 aliphatic rings. The first-order valence-electron chi connectivity index (χ1n) is 4.99. The summed E-state index contributed by atoms with van der Waals surface area (Å²) in [4.78, 5) is 14.4. The van der Waals surface area contributed by atoms with Gasteiger partial charge in [-0.15, -0.1) is 11.3 Å². The molecule has 17 heavy (non-hydrogen) atoms. The summed E-state index contributed by atoms with van der Waals surface area (Å²) in [5, 5.41) is 3.86. The maximum absolute atomic E-state index is 12.0. The van der Waals surface area contributed by atoms with Crippen LogP contribution in [0.2, 0.25) is 0 Å². The number of thiophene rings is 1. The molecule has 0 spiro atoms. The van der Waals surface area contributed by atoms with Gasteiger partial charge in [-0.25, -0.2) is 0 Å². The summed E-state index contributed by atoms with van der Waals surface area (Å²) < 4.78 is 5.91. The largest absolute Gasteiger partial charge is 0.361 e. The number of halogens is 1. The zero-order valence-corrected chi connectivity index (χ0v) is 11.8. The van der Waals surface area contributed by atoms with Crippen LogP contribution in [0.5, 0.6) is 0 Å². The van der Waals surface area contributed by atoms with Crippen molar-refractivity contribution in [2.45, 2.75) is 13.5 Å². The Morgan fingerprint density at radius 1 is 1.59 bits per heavy atom. The molecule has 4 nitrogen and oxygen atoms in total. The quantitative estimate of drug-likeness (QED) is 0.874. The fourth-order valence-electron chi connectivity index (χ4n) is 1.42. The van der Waals surface area contributed by atoms with E-state index in [4.69, 9.17) is 4.52 Å². The van der Waals surface area contributed by atoms with Crippen molar-refractivity contribution in [2.24, 2.45) is 0 Å². The van der Waals surface area contributed by atoms with Crippen LogP contribution in [0, 0.1) is 6.92 Å². The van der Waals surface area contributed by atoms with E-state index in [9.17, 15) is 4.79 Å². The molecule has 0 bridgehead atoms. The highest BCUT2D eigenvalue weighted by atomic mass is 79.9. The zero-order valence-electron chi connectivity index (χ0n) is 9.44. The van der Waals surface area contributed by atoms with Crippen molar-refractivity contribution in [3.63, 3.8) is 0 Å². The lowest BCUT2D eigenvalue weighted by Crippen LogP contribution is -2.25. The lowest BCUT2D eigenvalue weighted by Gasteiger charge is -2.13. The van der Waals surface area contributed by atoms with Gasteiger partial charge < -0.3 is 9.42 Å². The molecule has 0 radical (unpaired) electrons. The van der Waals surface area contributed by atoms with E-state index in [-0.39, 0.29) is 5.91 Å². The number of aromatic nitrogens is 1. The van der Waals surface area contributed by atoms with Crippen molar-refractivity contribution >= 4 is 33.2 Å². The molecular weight excluding hydrogens is 304 g/mol. The third-order valence-electron chi connectivity index (χ3n) is 2.21. The van der Waals surface area contributed by atoms with Crippen LogP contribution >= 0.6 is 27.3 Å². The maximum atomic E-state index is 12.0. The second-order valence-corrected chi connectivity index (χ2v) is 6.16. The van der Waals surface area contributed by atoms with Gasteiger partial charge in [-0.05, 0) is 35.0 Å². The van der Waals surface area contributed by atoms with Crippen molar-refractivity contribution in [1.29, 1.82) is 0 Å². The van der Waals surface area contributed by atoms with Crippen molar-refractivity contribution < 1.29 is 9.32 Å². The van der Waals surface area contributed by atoms with E-state index in [2.05, 4.69) is 21.1 Å². The average molecular weight is 315 g/mol. The van der Waals surface area contributed by atoms with Crippen LogP contribution in [-0.2, 0) is 6.54 Å². The number of carbonyl (C=O) groups excluding carboxylic acids is 1. The van der Waals surface area contributed by atoms with Gasteiger partial charge in [0.1, 0.15) is 11.5 Å². The molecule has 0 aliphatic heterocycles. The average Bonchev–Trinajstić information content (AvgIpc) is 2.87. The first-order valence-corrected chi connectivity index (χ1v) is 6.60. The molecule has 0 unspecified atom stereocenters. The van der Waals surface area contributed by atoms with Gasteiger partial charge in [-0.1, -0.05) is 5.16 Å². The van der Waals surface area contributed by atoms with E-state index in [0.717, 1.165) is 15.2 Å². The zero-order chi connectivity index (χ0) is 12.4. The van der Waals surface area contributed by atoms with Crippen LogP contribution in [0.25, 0.3) is 0 Å². The highest BCUT2D eigenvalue weighted by molar-refractivity contribution is 9.11. The van der Waals surface area contributed by atoms with Crippen molar-refractivity contribution in [3.8, 4) is 0 Å². The summed E-state index contributed by atoms with van der Waals surface area (Å²) in [5.41, 5.74) is 0.758. The monoisotopic (exact) mass is 314 g/mol. The van der Waals surface area contributed by atoms with Gasteiger partial charge in [0.05, 0.1) is 15.2 Å². The van der Waals surface area contributed by atoms with Crippen LogP contribution in [-0.4, -0.2) is 23.0 Å². The Balaban J connectivity index is 2.05. The van der Waals surface area contributed by atoms with Gasteiger partial charge in [-0.3, -0.25) is 4.79 Å². The Kier molecular flexibility index (Phi) is 3.63. The Morgan fingerprint density at radius 3 is 2.88 bits per heavy atom. The van der Waals surface area contributed by atoms with Crippen LogP contribution in [0.1, 0.15) is 21.1 Å². The highest BCUT2D eigenvalue weighted by Crippen LogP contribution is 2.23. The second-order valence-electron chi connectivity index (χ2n) is 3.69. The first kappa shape index (κ1) is 12.3. The SMILES string of the molecule is Cc1cc(CN(C)C(=O)c2ccc(Br)s2)no1. The number of nitrogens with zero attached hydrogens (tertiary/aromatic N) is 2. The summed E-state index contributed by atoms with van der Waals surface area (Å²) >= 11 is 4.76. The molecule has 6 heteroatoms. The van der Waals surface area contributed by atoms with E-state index in [1.807, 2.05) is 25.1 Å². The standard InChI is InChI=1S/C11H11BrN2O2S/c1-7-5-8(13-16-7)6-14(2)11(15)9-3-4-10(12)17-9/h3-5H,6H2,1-2H3. The number of aryl methyl sites for hydroxylation is 1. The van der Waals surface area contributed by atoms with Gasteiger partial charge in [0, 0.05) is 13.1 Å². The molecule has 2 rings (SSSR count). The molecule has 0 N–H and O–H groups in total. The molecule has 0 aromatic carbocycles. The van der Waals surface area contributed by atoms with Gasteiger partial charge in [0.15, 0.2) is 0 Å². The third kappa shape index (κ3) is 2.95. The van der Waals surface area contributed by atoms with E-state index in [1.54, 1.807) is 11.9 Å². The Bertz CT molecular complexity index is 535. The smallest absolute Gasteiger partial charge is 0.264 e. The Morgan fingerprint density at radius 2 is 2.35 bits per heavy atom. The molecule has 2 aromatic rings. The fourth-order valence-corrected chi connectivity index (χ4v) is 2.81. The van der Waals surface area contributed by atoms with Crippen molar-refractivity contribution in [3.05, 3.63) is 38.3 Å². The number of carbonyl (C=O) groups is 1. The first-order chi connectivity index (χ1) is 8.06. The predicted octanol–water partition coefficient (Wildman–Crippen LogP) is 3.08. The Labute approximate surface area is 111 Å². The molecule has 0 atom stereocenters. The minimum atomic E-state index is -0.0126. The van der Waals surface area contributed by atoms with Gasteiger partial charge in [-0.2, -0.15) is 0 Å². The van der Waals surface area contributed by atoms with Crippen LogP contribution in [0.4, 0.5) is 0 Å². The molecule has 0 saturated carbocycles. The van der Waals surface area contributed by atoms with E-state index in [0.29, 0.717) is 11.4 Å². The summed E-state index contributed by atoms with van der Waals surface area (Å²) in [6.07, 6.45) is 0. The highest BCUT2D eigenvalue weighted by Gasteiger charge is 2.15. The molecule has 0 saturated heterocycles. The van der Waals surface area contributed by atoms with E-state index in [1.165, 1.54) is 11.3 Å². The summed E-state index contributed by atoms with van der Waals surface area (Å²) in [6.45, 7) is 2.28. The summed E-state index contributed by atoms with van der Waals surface area (Å²) in [6, 6.07) is 5.50. The summed E-state index contributed by atoms with van der Waals surface area (Å²) in [7, 11) is 1.75. The van der Waals surface area contributed by atoms with Gasteiger partial charge >= 0.3 is 0 Å². The minimum Gasteiger partial charge on any atom is -0.361 e. The van der Waals surface area contributed by atoms with E-state index < -0.39 is 0 Å². The molecule has 0 fully saturated rings. The molecule has 1 amide bonds. The van der Waals surface area contributed by atoms with Crippen LogP contribution in [0.3, 0.4) is 0 Å². The van der Waals surface area contributed by atoms with Crippen molar-refractivity contribution in [1.82, 2.24) is 10.1 Å². The lowest BCUT2D eigenvalue weighted by atomic mass is 10.3. The number of rotatable bonds is 3. The third-order valence-corrected chi connectivity index (χ3v) is 3.82. The number of hydrogen-bond donors (Lipinski definition) is 0. The normalized spacial score (nSPS) is 10.5. The topological polar surface area (TPSA) is 46.3 Å². The van der Waals surface area contributed by atoms with Crippen LogP contribution < -0.4 is 0 Å². The van der Waals surface area contributed by atoms with Crippen molar-refractivity contribution in [2.75, 3.05) is 7.05 Å². The minimum absolute atomic E-state index is 0.0126. The lowest BCUT2D eigenvalue weighted by molar-refractivity contribution is 0.0787. The van der Waals surface area contributed by atoms with Crippen LogP contribution in [0.15, 0.2) is 26.5 Å². The molecule has 0 aliphatic carbocycles. The number of hydrogen-bond acceptors (Lipinski definition) is 4. The molecule has 2 aromatic heterocycles. The van der Waals surface area contributed by atoms with E-state index >= 15 is 0 Å². The molecule has 90 valence electrons. The maximum Gasteiger partial charge on any atom is 0.264 e. The van der Waals surface area contributed by atoms with Gasteiger partial charge in [0.25, 0.3) is 5.91 Å². The second kappa shape index (κ2) is 5.01. The molecule has 2 heterocycles. The molecular formula is C11H11BrN2O2S. The van der Waals surface area contributed by atoms with Gasteiger partial charge in [0.2, 0.25) is 0 Å². The fraction of sp³-hybridized carbons (Fsp3) is 0.273.